The number of alkyl halides is 3. The van der Waals surface area contributed by atoms with Crippen LogP contribution in [0.5, 0.6) is 0 Å². The van der Waals surface area contributed by atoms with E-state index in [2.05, 4.69) is 4.98 Å². The van der Waals surface area contributed by atoms with E-state index in [0.29, 0.717) is 10.6 Å². The lowest BCUT2D eigenvalue weighted by molar-refractivity contribution is -0.182. The van der Waals surface area contributed by atoms with Crippen LogP contribution in [0.4, 0.5) is 13.2 Å². The van der Waals surface area contributed by atoms with Crippen molar-refractivity contribution in [2.45, 2.75) is 25.6 Å². The Bertz CT molecular complexity index is 712. The molecule has 1 amide bonds. The van der Waals surface area contributed by atoms with Crippen molar-refractivity contribution in [1.82, 2.24) is 10.3 Å². The summed E-state index contributed by atoms with van der Waals surface area (Å²) in [5.74, 6) is -0.884. The number of aromatic nitrogens is 1. The number of nitrogens with zero attached hydrogens (tertiary/aromatic N) is 1. The third kappa shape index (κ3) is 4.01. The molecule has 0 unspecified atom stereocenters. The Labute approximate surface area is 136 Å². The third-order valence-corrected chi connectivity index (χ3v) is 3.52. The maximum Gasteiger partial charge on any atom is 0.410 e. The lowest BCUT2D eigenvalue weighted by atomic mass is 10.0. The molecule has 0 radical (unpaired) electrons. The highest BCUT2D eigenvalue weighted by Gasteiger charge is 2.48. The summed E-state index contributed by atoms with van der Waals surface area (Å²) in [5, 5.41) is 2.49. The van der Waals surface area contributed by atoms with Gasteiger partial charge in [0.2, 0.25) is 0 Å². The SMILES string of the molecule is CC(C)(NC(=O)c1ccc(-c2cccc(Cl)c2)cn1)C(F)(F)F. The zero-order valence-electron chi connectivity index (χ0n) is 12.4. The molecule has 0 atom stereocenters. The average Bonchev–Trinajstić information content (AvgIpc) is 2.46. The highest BCUT2D eigenvalue weighted by Crippen LogP contribution is 2.29. The van der Waals surface area contributed by atoms with Crippen molar-refractivity contribution in [2.75, 3.05) is 0 Å². The summed E-state index contributed by atoms with van der Waals surface area (Å²) >= 11 is 5.90. The molecule has 1 aromatic heterocycles. The summed E-state index contributed by atoms with van der Waals surface area (Å²) in [6.07, 6.45) is -3.13. The first-order valence-electron chi connectivity index (χ1n) is 6.71. The van der Waals surface area contributed by atoms with Crippen LogP contribution in [0.2, 0.25) is 5.02 Å². The molecule has 23 heavy (non-hydrogen) atoms. The van der Waals surface area contributed by atoms with E-state index in [1.165, 1.54) is 12.3 Å². The van der Waals surface area contributed by atoms with Crippen molar-refractivity contribution in [2.24, 2.45) is 0 Å². The molecule has 1 aromatic carbocycles. The van der Waals surface area contributed by atoms with Gasteiger partial charge in [0.15, 0.2) is 0 Å². The van der Waals surface area contributed by atoms with Gasteiger partial charge in [-0.05, 0) is 37.6 Å². The maximum atomic E-state index is 12.8. The fourth-order valence-corrected chi connectivity index (χ4v) is 1.98. The second-order valence-electron chi connectivity index (χ2n) is 5.52. The highest BCUT2D eigenvalue weighted by molar-refractivity contribution is 6.30. The molecule has 0 aliphatic heterocycles. The van der Waals surface area contributed by atoms with E-state index >= 15 is 0 Å². The zero-order valence-corrected chi connectivity index (χ0v) is 13.2. The van der Waals surface area contributed by atoms with Gasteiger partial charge in [-0.1, -0.05) is 29.8 Å². The van der Waals surface area contributed by atoms with E-state index in [9.17, 15) is 18.0 Å². The number of carbonyl (C=O) groups excluding carboxylic acids is 1. The second-order valence-corrected chi connectivity index (χ2v) is 5.96. The van der Waals surface area contributed by atoms with Gasteiger partial charge in [-0.2, -0.15) is 13.2 Å². The van der Waals surface area contributed by atoms with Gasteiger partial charge in [-0.15, -0.1) is 0 Å². The van der Waals surface area contributed by atoms with E-state index in [4.69, 9.17) is 11.6 Å². The van der Waals surface area contributed by atoms with Crippen molar-refractivity contribution < 1.29 is 18.0 Å². The molecule has 3 nitrogen and oxygen atoms in total. The average molecular weight is 343 g/mol. The summed E-state index contributed by atoms with van der Waals surface area (Å²) in [4.78, 5) is 15.8. The Morgan fingerprint density at radius 3 is 2.35 bits per heavy atom. The lowest BCUT2D eigenvalue weighted by Crippen LogP contribution is -2.54. The first kappa shape index (κ1) is 17.3. The van der Waals surface area contributed by atoms with Gasteiger partial charge in [0.1, 0.15) is 11.2 Å². The van der Waals surface area contributed by atoms with Crippen molar-refractivity contribution in [3.8, 4) is 11.1 Å². The van der Waals surface area contributed by atoms with Crippen LogP contribution in [-0.2, 0) is 0 Å². The molecule has 0 bridgehead atoms. The van der Waals surface area contributed by atoms with Gasteiger partial charge < -0.3 is 5.32 Å². The van der Waals surface area contributed by atoms with Crippen LogP contribution in [-0.4, -0.2) is 22.6 Å². The minimum Gasteiger partial charge on any atom is -0.337 e. The van der Waals surface area contributed by atoms with E-state index < -0.39 is 17.6 Å². The monoisotopic (exact) mass is 342 g/mol. The van der Waals surface area contributed by atoms with Crippen LogP contribution in [0.15, 0.2) is 42.6 Å². The Kier molecular flexibility index (Phi) is 4.66. The molecule has 1 heterocycles. The number of benzene rings is 1. The zero-order chi connectivity index (χ0) is 17.3. The number of hydrogen-bond acceptors (Lipinski definition) is 2. The fourth-order valence-electron chi connectivity index (χ4n) is 1.79. The standard InChI is InChI=1S/C16H14ClF3N2O/c1-15(2,16(18,19)20)22-14(23)13-7-6-11(9-21-13)10-4-3-5-12(17)8-10/h3-9H,1-2H3,(H,22,23). The number of pyridine rings is 1. The molecule has 0 fully saturated rings. The number of amides is 1. The van der Waals surface area contributed by atoms with Gasteiger partial charge in [-0.25, -0.2) is 0 Å². The van der Waals surface area contributed by atoms with Gasteiger partial charge >= 0.3 is 6.18 Å². The minimum absolute atomic E-state index is 0.0897. The van der Waals surface area contributed by atoms with Crippen LogP contribution in [0.25, 0.3) is 11.1 Å². The van der Waals surface area contributed by atoms with E-state index in [0.717, 1.165) is 19.4 Å². The Hall–Kier alpha value is -2.08. The third-order valence-electron chi connectivity index (χ3n) is 3.29. The van der Waals surface area contributed by atoms with Crippen molar-refractivity contribution >= 4 is 17.5 Å². The minimum atomic E-state index is -4.55. The first-order valence-corrected chi connectivity index (χ1v) is 7.09. The topological polar surface area (TPSA) is 42.0 Å². The lowest BCUT2D eigenvalue weighted by Gasteiger charge is -2.28. The molecule has 2 rings (SSSR count). The van der Waals surface area contributed by atoms with Crippen molar-refractivity contribution in [1.29, 1.82) is 0 Å². The van der Waals surface area contributed by atoms with Crippen molar-refractivity contribution in [3.05, 3.63) is 53.3 Å². The quantitative estimate of drug-likeness (QED) is 0.894. The van der Waals surface area contributed by atoms with Crippen LogP contribution in [0, 0.1) is 0 Å². The highest BCUT2D eigenvalue weighted by atomic mass is 35.5. The number of carbonyl (C=O) groups is 1. The predicted molar refractivity (Wildman–Crippen MR) is 82.3 cm³/mol. The number of halogens is 4. The van der Waals surface area contributed by atoms with Gasteiger partial charge in [0, 0.05) is 16.8 Å². The van der Waals surface area contributed by atoms with Gasteiger partial charge in [0.25, 0.3) is 5.91 Å². The van der Waals surface area contributed by atoms with E-state index in [-0.39, 0.29) is 5.69 Å². The number of nitrogens with one attached hydrogen (secondary N) is 1. The Balaban J connectivity index is 2.18. The summed E-state index contributed by atoms with van der Waals surface area (Å²) < 4.78 is 38.4. The van der Waals surface area contributed by atoms with Gasteiger partial charge in [0.05, 0.1) is 0 Å². The predicted octanol–water partition coefficient (Wildman–Crippen LogP) is 4.47. The Morgan fingerprint density at radius 1 is 1.13 bits per heavy atom. The van der Waals surface area contributed by atoms with Crippen LogP contribution >= 0.6 is 11.6 Å². The molecule has 0 saturated carbocycles. The molecule has 1 N–H and O–H groups in total. The molecular weight excluding hydrogens is 329 g/mol. The first-order chi connectivity index (χ1) is 10.6. The second kappa shape index (κ2) is 6.20. The van der Waals surface area contributed by atoms with E-state index in [1.54, 1.807) is 24.3 Å². The summed E-state index contributed by atoms with van der Waals surface area (Å²) in [6.45, 7) is 1.79. The summed E-state index contributed by atoms with van der Waals surface area (Å²) in [7, 11) is 0. The molecular formula is C16H14ClF3N2O. The molecule has 0 spiro atoms. The van der Waals surface area contributed by atoms with Crippen LogP contribution in [0.3, 0.4) is 0 Å². The molecule has 2 aromatic rings. The summed E-state index contributed by atoms with van der Waals surface area (Å²) in [5.41, 5.74) is -0.919. The smallest absolute Gasteiger partial charge is 0.337 e. The fraction of sp³-hybridized carbons (Fsp3) is 0.250. The number of hydrogen-bond donors (Lipinski definition) is 1. The normalized spacial score (nSPS) is 12.1. The van der Waals surface area contributed by atoms with Crippen LogP contribution in [0.1, 0.15) is 24.3 Å². The maximum absolute atomic E-state index is 12.8. The molecule has 0 aliphatic rings. The van der Waals surface area contributed by atoms with Crippen LogP contribution < -0.4 is 5.32 Å². The van der Waals surface area contributed by atoms with E-state index in [1.807, 2.05) is 11.4 Å². The molecule has 0 aliphatic carbocycles. The summed E-state index contributed by atoms with van der Waals surface area (Å²) in [6, 6.07) is 10.0. The van der Waals surface area contributed by atoms with Crippen molar-refractivity contribution in [3.63, 3.8) is 0 Å². The van der Waals surface area contributed by atoms with Gasteiger partial charge in [-0.3, -0.25) is 9.78 Å². The molecule has 7 heteroatoms. The molecule has 122 valence electrons. The number of rotatable bonds is 3. The largest absolute Gasteiger partial charge is 0.410 e. The Morgan fingerprint density at radius 2 is 1.83 bits per heavy atom. The molecule has 0 saturated heterocycles.